The Kier molecular flexibility index (Phi) is 5.66. The number of ether oxygens (including phenoxy) is 2. The highest BCUT2D eigenvalue weighted by molar-refractivity contribution is 7.80. The predicted molar refractivity (Wildman–Crippen MR) is 125 cm³/mol. The zero-order valence-corrected chi connectivity index (χ0v) is 19.4. The first-order chi connectivity index (χ1) is 15.6. The molecule has 166 valence electrons. The third-order valence-corrected chi connectivity index (χ3v) is 7.61. The lowest BCUT2D eigenvalue weighted by Crippen LogP contribution is -2.41. The summed E-state index contributed by atoms with van der Waals surface area (Å²) in [7, 11) is 3.34. The topological polar surface area (TPSA) is 48.0 Å². The van der Waals surface area contributed by atoms with Crippen molar-refractivity contribution in [2.45, 2.75) is 36.7 Å². The number of methoxy groups -OCH3 is 2. The normalized spacial score (nSPS) is 20.5. The first-order valence-corrected chi connectivity index (χ1v) is 11.9. The lowest BCUT2D eigenvalue weighted by atomic mass is 9.77. The van der Waals surface area contributed by atoms with Crippen LogP contribution in [0, 0.1) is 0 Å². The minimum Gasteiger partial charge on any atom is -0.497 e. The average molecular weight is 450 g/mol. The van der Waals surface area contributed by atoms with Gasteiger partial charge in [-0.15, -0.1) is 0 Å². The molecule has 32 heavy (non-hydrogen) atoms. The molecule has 0 saturated heterocycles. The molecule has 2 heterocycles. The van der Waals surface area contributed by atoms with Crippen LogP contribution >= 0.6 is 0 Å². The van der Waals surface area contributed by atoms with Crippen molar-refractivity contribution in [2.24, 2.45) is 0 Å². The maximum absolute atomic E-state index is 13.0. The average Bonchev–Trinajstić information content (AvgIpc) is 2.84. The molecule has 3 aromatic rings. The van der Waals surface area contributed by atoms with Crippen LogP contribution in [0.2, 0.25) is 0 Å². The number of benzene rings is 3. The van der Waals surface area contributed by atoms with Gasteiger partial charge < -0.3 is 13.7 Å². The van der Waals surface area contributed by atoms with Crippen LogP contribution in [0.4, 0.5) is 0 Å². The van der Waals surface area contributed by atoms with Crippen molar-refractivity contribution in [3.05, 3.63) is 82.9 Å². The Hall–Kier alpha value is -2.83. The van der Waals surface area contributed by atoms with Crippen molar-refractivity contribution in [2.75, 3.05) is 20.8 Å². The molecule has 0 amide bonds. The number of nitrogens with zero attached hydrogens (tertiary/aromatic N) is 1. The second-order valence-electron chi connectivity index (χ2n) is 8.31. The fourth-order valence-corrected chi connectivity index (χ4v) is 5.88. The van der Waals surface area contributed by atoms with Gasteiger partial charge in [0.05, 0.1) is 19.1 Å². The minimum atomic E-state index is -1.62. The quantitative estimate of drug-likeness (QED) is 0.547. The minimum absolute atomic E-state index is 0.254. The third kappa shape index (κ3) is 3.57. The molecule has 6 heteroatoms. The van der Waals surface area contributed by atoms with Crippen LogP contribution in [-0.2, 0) is 24.0 Å². The summed E-state index contributed by atoms with van der Waals surface area (Å²) in [6, 6.07) is 20.0. The Morgan fingerprint density at radius 1 is 0.969 bits per heavy atom. The van der Waals surface area contributed by atoms with E-state index in [1.165, 1.54) is 16.7 Å². The third-order valence-electron chi connectivity index (χ3n) is 6.63. The highest BCUT2D eigenvalue weighted by Crippen LogP contribution is 2.50. The first kappa shape index (κ1) is 21.0. The molecule has 0 N–H and O–H groups in total. The van der Waals surface area contributed by atoms with Crippen molar-refractivity contribution in [1.29, 1.82) is 0 Å². The molecule has 5 rings (SSSR count). The van der Waals surface area contributed by atoms with Crippen LogP contribution in [0.3, 0.4) is 0 Å². The van der Waals surface area contributed by atoms with Crippen LogP contribution in [0.5, 0.6) is 17.2 Å². The summed E-state index contributed by atoms with van der Waals surface area (Å²) in [6.07, 6.45) is 0.973. The Labute approximate surface area is 191 Å². The number of fused-ring (bicyclic) bond motifs is 4. The van der Waals surface area contributed by atoms with E-state index < -0.39 is 11.1 Å². The SMILES string of the molecule is COc1ccc2c(c1)CCN1Cc3c(ccc(OC)c3OS(=O)c3ccccc3)C(C)C21. The maximum Gasteiger partial charge on any atom is 0.240 e. The van der Waals surface area contributed by atoms with Gasteiger partial charge in [0.25, 0.3) is 0 Å². The monoisotopic (exact) mass is 449 g/mol. The lowest BCUT2D eigenvalue weighted by molar-refractivity contribution is 0.137. The second-order valence-corrected chi connectivity index (χ2v) is 9.42. The van der Waals surface area contributed by atoms with Crippen LogP contribution in [-0.4, -0.2) is 29.9 Å². The molecular weight excluding hydrogens is 422 g/mol. The van der Waals surface area contributed by atoms with Gasteiger partial charge in [0.15, 0.2) is 11.5 Å². The lowest BCUT2D eigenvalue weighted by Gasteiger charge is -2.45. The van der Waals surface area contributed by atoms with Gasteiger partial charge in [-0.3, -0.25) is 4.90 Å². The summed E-state index contributed by atoms with van der Waals surface area (Å²) in [5, 5.41) is 0. The Balaban J connectivity index is 1.54. The molecule has 2 aliphatic rings. The van der Waals surface area contributed by atoms with Gasteiger partial charge in [-0.1, -0.05) is 37.3 Å². The molecule has 3 aromatic carbocycles. The van der Waals surface area contributed by atoms with E-state index in [1.807, 2.05) is 36.4 Å². The van der Waals surface area contributed by atoms with Gasteiger partial charge in [0.2, 0.25) is 11.1 Å². The number of hydrogen-bond acceptors (Lipinski definition) is 5. The van der Waals surface area contributed by atoms with E-state index in [2.05, 4.69) is 36.1 Å². The summed E-state index contributed by atoms with van der Waals surface area (Å²) >= 11 is -1.62. The van der Waals surface area contributed by atoms with E-state index in [4.69, 9.17) is 13.7 Å². The van der Waals surface area contributed by atoms with E-state index in [1.54, 1.807) is 14.2 Å². The van der Waals surface area contributed by atoms with Crippen molar-refractivity contribution in [3.63, 3.8) is 0 Å². The maximum atomic E-state index is 13.0. The van der Waals surface area contributed by atoms with E-state index in [0.717, 1.165) is 30.8 Å². The summed E-state index contributed by atoms with van der Waals surface area (Å²) in [6.45, 7) is 3.95. The molecule has 3 atom stereocenters. The molecule has 2 aliphatic heterocycles. The van der Waals surface area contributed by atoms with Gasteiger partial charge >= 0.3 is 0 Å². The smallest absolute Gasteiger partial charge is 0.240 e. The molecule has 0 spiro atoms. The van der Waals surface area contributed by atoms with E-state index >= 15 is 0 Å². The largest absolute Gasteiger partial charge is 0.497 e. The van der Waals surface area contributed by atoms with Crippen LogP contribution < -0.4 is 13.7 Å². The molecule has 0 aromatic heterocycles. The summed E-state index contributed by atoms with van der Waals surface area (Å²) in [5.74, 6) is 2.35. The zero-order valence-electron chi connectivity index (χ0n) is 18.5. The van der Waals surface area contributed by atoms with Crippen LogP contribution in [0.1, 0.15) is 41.1 Å². The van der Waals surface area contributed by atoms with Crippen molar-refractivity contribution in [3.8, 4) is 17.2 Å². The Morgan fingerprint density at radius 3 is 2.50 bits per heavy atom. The van der Waals surface area contributed by atoms with E-state index in [0.29, 0.717) is 16.4 Å². The van der Waals surface area contributed by atoms with Gasteiger partial charge in [0, 0.05) is 30.6 Å². The van der Waals surface area contributed by atoms with Crippen molar-refractivity contribution in [1.82, 2.24) is 4.90 Å². The fourth-order valence-electron chi connectivity index (χ4n) is 5.07. The zero-order chi connectivity index (χ0) is 22.2. The number of rotatable bonds is 5. The molecule has 0 saturated carbocycles. The van der Waals surface area contributed by atoms with E-state index in [9.17, 15) is 4.21 Å². The fraction of sp³-hybridized carbons (Fsp3) is 0.308. The standard InChI is InChI=1S/C26H27NO4S/c1-17-21-11-12-24(30-3)26(31-32(28)20-7-5-4-6-8-20)23(21)16-27-14-13-18-15-19(29-2)9-10-22(18)25(17)27/h4-12,15,17,25H,13-14,16H2,1-3H3. The molecule has 0 fully saturated rings. The summed E-state index contributed by atoms with van der Waals surface area (Å²) in [5.41, 5.74) is 5.00. The highest BCUT2D eigenvalue weighted by atomic mass is 32.2. The van der Waals surface area contributed by atoms with E-state index in [-0.39, 0.29) is 12.0 Å². The molecule has 0 bridgehead atoms. The van der Waals surface area contributed by atoms with Gasteiger partial charge in [-0.2, -0.15) is 0 Å². The Morgan fingerprint density at radius 2 is 1.75 bits per heavy atom. The Bertz CT molecular complexity index is 1160. The van der Waals surface area contributed by atoms with Gasteiger partial charge in [-0.05, 0) is 53.4 Å². The molecule has 3 unspecified atom stereocenters. The summed E-state index contributed by atoms with van der Waals surface area (Å²) < 4.78 is 30.1. The number of hydrogen-bond donors (Lipinski definition) is 0. The predicted octanol–water partition coefficient (Wildman–Crippen LogP) is 5.02. The molecule has 0 radical (unpaired) electrons. The molecular formula is C26H27NO4S. The van der Waals surface area contributed by atoms with Gasteiger partial charge in [0.1, 0.15) is 5.75 Å². The first-order valence-electron chi connectivity index (χ1n) is 10.9. The van der Waals surface area contributed by atoms with Crippen LogP contribution in [0.25, 0.3) is 0 Å². The molecule has 5 nitrogen and oxygen atoms in total. The van der Waals surface area contributed by atoms with Crippen LogP contribution in [0.15, 0.2) is 65.6 Å². The summed E-state index contributed by atoms with van der Waals surface area (Å²) in [4.78, 5) is 3.13. The second kappa shape index (κ2) is 8.60. The highest BCUT2D eigenvalue weighted by Gasteiger charge is 2.39. The van der Waals surface area contributed by atoms with Crippen molar-refractivity contribution < 1.29 is 17.9 Å². The molecule has 0 aliphatic carbocycles. The van der Waals surface area contributed by atoms with Crippen molar-refractivity contribution >= 4 is 11.1 Å². The van der Waals surface area contributed by atoms with Gasteiger partial charge in [-0.25, -0.2) is 4.21 Å².